The van der Waals surface area contributed by atoms with Gasteiger partial charge in [0.25, 0.3) is 5.91 Å². The van der Waals surface area contributed by atoms with E-state index in [1.807, 2.05) is 18.2 Å². The number of methoxy groups -OCH3 is 1. The SMILES string of the molecule is COC(=O)C(Cc1ccc2c(c1)CCN2C(=O)c1cc(Cl)nc(Cl)c1)NC(=O)OC(C)(C)C. The molecule has 0 fully saturated rings. The van der Waals surface area contributed by atoms with Crippen molar-refractivity contribution in [2.75, 3.05) is 18.6 Å². The van der Waals surface area contributed by atoms with E-state index < -0.39 is 23.7 Å². The van der Waals surface area contributed by atoms with Crippen LogP contribution in [0.2, 0.25) is 10.3 Å². The molecule has 1 N–H and O–H groups in total. The van der Waals surface area contributed by atoms with E-state index in [4.69, 9.17) is 32.7 Å². The van der Waals surface area contributed by atoms with Gasteiger partial charge in [-0.15, -0.1) is 0 Å². The van der Waals surface area contributed by atoms with Gasteiger partial charge in [-0.05, 0) is 56.5 Å². The maximum absolute atomic E-state index is 13.0. The number of aromatic nitrogens is 1. The molecule has 0 bridgehead atoms. The molecule has 8 nitrogen and oxygen atoms in total. The number of amides is 2. The lowest BCUT2D eigenvalue weighted by Gasteiger charge is -2.23. The first-order chi connectivity index (χ1) is 15.5. The first kappa shape index (κ1) is 24.8. The van der Waals surface area contributed by atoms with Gasteiger partial charge in [-0.2, -0.15) is 0 Å². The Kier molecular flexibility index (Phi) is 7.49. The Morgan fingerprint density at radius 2 is 1.82 bits per heavy atom. The lowest BCUT2D eigenvalue weighted by molar-refractivity contribution is -0.143. The van der Waals surface area contributed by atoms with Gasteiger partial charge in [-0.1, -0.05) is 35.3 Å². The van der Waals surface area contributed by atoms with Gasteiger partial charge in [-0.25, -0.2) is 14.6 Å². The number of fused-ring (bicyclic) bond motifs is 1. The number of pyridine rings is 1. The Hall–Kier alpha value is -2.84. The van der Waals surface area contributed by atoms with E-state index in [-0.39, 0.29) is 22.6 Å². The summed E-state index contributed by atoms with van der Waals surface area (Å²) in [7, 11) is 1.26. The molecule has 2 amide bonds. The van der Waals surface area contributed by atoms with Crippen molar-refractivity contribution in [3.8, 4) is 0 Å². The zero-order valence-corrected chi connectivity index (χ0v) is 20.3. The predicted molar refractivity (Wildman–Crippen MR) is 125 cm³/mol. The lowest BCUT2D eigenvalue weighted by atomic mass is 10.0. The highest BCUT2D eigenvalue weighted by Crippen LogP contribution is 2.31. The zero-order chi connectivity index (χ0) is 24.3. The van der Waals surface area contributed by atoms with Crippen molar-refractivity contribution in [3.05, 3.63) is 57.3 Å². The highest BCUT2D eigenvalue weighted by Gasteiger charge is 2.29. The van der Waals surface area contributed by atoms with Crippen LogP contribution in [-0.4, -0.2) is 48.3 Å². The third kappa shape index (κ3) is 6.36. The molecule has 2 aromatic rings. The minimum Gasteiger partial charge on any atom is -0.467 e. The summed E-state index contributed by atoms with van der Waals surface area (Å²) in [6, 6.07) is 7.59. The minimum atomic E-state index is -0.914. The summed E-state index contributed by atoms with van der Waals surface area (Å²) in [5.41, 5.74) is 2.18. The third-order valence-corrected chi connectivity index (χ3v) is 5.30. The van der Waals surface area contributed by atoms with Crippen LogP contribution < -0.4 is 10.2 Å². The van der Waals surface area contributed by atoms with Gasteiger partial charge in [0.1, 0.15) is 21.9 Å². The fourth-order valence-corrected chi connectivity index (χ4v) is 4.02. The van der Waals surface area contributed by atoms with E-state index in [9.17, 15) is 14.4 Å². The van der Waals surface area contributed by atoms with Crippen LogP contribution in [-0.2, 0) is 27.1 Å². The van der Waals surface area contributed by atoms with Crippen molar-refractivity contribution in [1.29, 1.82) is 0 Å². The molecule has 3 rings (SSSR count). The maximum Gasteiger partial charge on any atom is 0.408 e. The molecule has 2 heterocycles. The van der Waals surface area contributed by atoms with Crippen LogP contribution in [0.25, 0.3) is 0 Å². The summed E-state index contributed by atoms with van der Waals surface area (Å²) >= 11 is 11.9. The van der Waals surface area contributed by atoms with E-state index in [1.54, 1.807) is 25.7 Å². The molecule has 1 unspecified atom stereocenters. The van der Waals surface area contributed by atoms with E-state index >= 15 is 0 Å². The first-order valence-electron chi connectivity index (χ1n) is 10.3. The topological polar surface area (TPSA) is 97.8 Å². The average molecular weight is 494 g/mol. The second-order valence-electron chi connectivity index (χ2n) is 8.60. The fourth-order valence-electron chi connectivity index (χ4n) is 3.56. The van der Waals surface area contributed by atoms with Gasteiger partial charge >= 0.3 is 12.1 Å². The summed E-state index contributed by atoms with van der Waals surface area (Å²) in [6.07, 6.45) is 0.150. The number of rotatable bonds is 5. The van der Waals surface area contributed by atoms with Crippen LogP contribution in [0.3, 0.4) is 0 Å². The van der Waals surface area contributed by atoms with Crippen LogP contribution in [0, 0.1) is 0 Å². The van der Waals surface area contributed by atoms with Gasteiger partial charge < -0.3 is 19.7 Å². The highest BCUT2D eigenvalue weighted by atomic mass is 35.5. The molecule has 0 saturated heterocycles. The monoisotopic (exact) mass is 493 g/mol. The number of hydrogen-bond donors (Lipinski definition) is 1. The molecule has 0 radical (unpaired) electrons. The summed E-state index contributed by atoms with van der Waals surface area (Å²) < 4.78 is 10.1. The largest absolute Gasteiger partial charge is 0.467 e. The molecular weight excluding hydrogens is 469 g/mol. The molecule has 0 spiro atoms. The van der Waals surface area contributed by atoms with Crippen molar-refractivity contribution < 1.29 is 23.9 Å². The molecule has 0 saturated carbocycles. The van der Waals surface area contributed by atoms with Gasteiger partial charge in [0.15, 0.2) is 0 Å². The Morgan fingerprint density at radius 3 is 2.42 bits per heavy atom. The van der Waals surface area contributed by atoms with E-state index in [0.717, 1.165) is 16.8 Å². The van der Waals surface area contributed by atoms with Crippen molar-refractivity contribution in [1.82, 2.24) is 10.3 Å². The number of anilines is 1. The number of alkyl carbamates (subject to hydrolysis) is 1. The van der Waals surface area contributed by atoms with E-state index in [1.165, 1.54) is 19.2 Å². The molecule has 1 atom stereocenters. The minimum absolute atomic E-state index is 0.145. The molecule has 176 valence electrons. The quantitative estimate of drug-likeness (QED) is 0.494. The molecule has 0 aliphatic carbocycles. The molecular formula is C23H25Cl2N3O5. The van der Waals surface area contributed by atoms with Crippen LogP contribution in [0.15, 0.2) is 30.3 Å². The number of nitrogens with one attached hydrogen (secondary N) is 1. The highest BCUT2D eigenvalue weighted by molar-refractivity contribution is 6.33. The Morgan fingerprint density at radius 1 is 1.15 bits per heavy atom. The van der Waals surface area contributed by atoms with Gasteiger partial charge in [0, 0.05) is 24.2 Å². The fraction of sp³-hybridized carbons (Fsp3) is 0.391. The smallest absolute Gasteiger partial charge is 0.408 e. The van der Waals surface area contributed by atoms with Crippen molar-refractivity contribution in [2.45, 2.75) is 45.3 Å². The second-order valence-corrected chi connectivity index (χ2v) is 9.37. The number of carbonyl (C=O) groups is 3. The first-order valence-corrected chi connectivity index (χ1v) is 11.1. The molecule has 10 heteroatoms. The number of benzene rings is 1. The predicted octanol–water partition coefficient (Wildman–Crippen LogP) is 4.20. The second kappa shape index (κ2) is 9.97. The van der Waals surface area contributed by atoms with Crippen molar-refractivity contribution >= 4 is 46.9 Å². The van der Waals surface area contributed by atoms with Crippen LogP contribution in [0.4, 0.5) is 10.5 Å². The molecule has 1 aromatic heterocycles. The molecule has 1 aliphatic heterocycles. The lowest BCUT2D eigenvalue weighted by Crippen LogP contribution is -2.45. The van der Waals surface area contributed by atoms with E-state index in [0.29, 0.717) is 18.5 Å². The number of carbonyl (C=O) groups excluding carboxylic acids is 3. The zero-order valence-electron chi connectivity index (χ0n) is 18.8. The maximum atomic E-state index is 13.0. The number of esters is 1. The van der Waals surface area contributed by atoms with Gasteiger partial charge in [0.2, 0.25) is 0 Å². The molecule has 1 aliphatic rings. The Bertz CT molecular complexity index is 1060. The normalized spacial score (nSPS) is 13.8. The Labute approximate surface area is 202 Å². The Balaban J connectivity index is 1.77. The summed E-state index contributed by atoms with van der Waals surface area (Å²) in [5, 5.41) is 2.86. The number of ether oxygens (including phenoxy) is 2. The molecule has 33 heavy (non-hydrogen) atoms. The summed E-state index contributed by atoms with van der Waals surface area (Å²) in [6.45, 7) is 5.70. The van der Waals surface area contributed by atoms with Gasteiger partial charge in [0.05, 0.1) is 7.11 Å². The number of halogens is 2. The third-order valence-electron chi connectivity index (χ3n) is 4.91. The van der Waals surface area contributed by atoms with Crippen molar-refractivity contribution in [3.63, 3.8) is 0 Å². The summed E-state index contributed by atoms with van der Waals surface area (Å²) in [4.78, 5) is 42.9. The average Bonchev–Trinajstić information content (AvgIpc) is 3.13. The van der Waals surface area contributed by atoms with Crippen LogP contribution in [0.5, 0.6) is 0 Å². The van der Waals surface area contributed by atoms with Crippen LogP contribution in [0.1, 0.15) is 42.3 Å². The van der Waals surface area contributed by atoms with Crippen LogP contribution >= 0.6 is 23.2 Å². The van der Waals surface area contributed by atoms with Gasteiger partial charge in [-0.3, -0.25) is 4.79 Å². The number of nitrogens with zero attached hydrogens (tertiary/aromatic N) is 2. The molecule has 1 aromatic carbocycles. The van der Waals surface area contributed by atoms with Crippen molar-refractivity contribution in [2.24, 2.45) is 0 Å². The summed E-state index contributed by atoms with van der Waals surface area (Å²) in [5.74, 6) is -0.809. The van der Waals surface area contributed by atoms with E-state index in [2.05, 4.69) is 10.3 Å². The standard InChI is InChI=1S/C23H25Cl2N3O5/c1-23(2,3)33-22(31)26-16(21(30)32-4)10-13-5-6-17-14(9-13)7-8-28(17)20(29)15-11-18(24)27-19(25)12-15/h5-6,9,11-12,16H,7-8,10H2,1-4H3,(H,26,31). The number of hydrogen-bond acceptors (Lipinski definition) is 6.